The normalized spacial score (nSPS) is 10.8. The molecule has 0 aliphatic carbocycles. The van der Waals surface area contributed by atoms with E-state index in [1.165, 1.54) is 24.4 Å². The summed E-state index contributed by atoms with van der Waals surface area (Å²) in [7, 11) is 0. The maximum Gasteiger partial charge on any atom is 0.270 e. The molecule has 25 heavy (non-hydrogen) atoms. The van der Waals surface area contributed by atoms with Gasteiger partial charge in [0, 0.05) is 40.7 Å². The molecule has 3 rings (SSSR count). The Labute approximate surface area is 151 Å². The zero-order chi connectivity index (χ0) is 18.1. The minimum atomic E-state index is -0.585. The molecular formula is C17H10Cl2N2O4. The third kappa shape index (κ3) is 3.40. The smallest absolute Gasteiger partial charge is 0.270 e. The largest absolute Gasteiger partial charge is 0.329 e. The second-order valence-electron chi connectivity index (χ2n) is 5.36. The first-order valence-electron chi connectivity index (χ1n) is 7.14. The van der Waals surface area contributed by atoms with Gasteiger partial charge >= 0.3 is 0 Å². The molecule has 8 heteroatoms. The maximum atomic E-state index is 12.5. The van der Waals surface area contributed by atoms with Gasteiger partial charge in [0.25, 0.3) is 11.2 Å². The molecule has 2 aromatic carbocycles. The molecule has 6 nitrogen and oxygen atoms in total. The molecule has 1 heterocycles. The highest BCUT2D eigenvalue weighted by molar-refractivity contribution is 6.34. The van der Waals surface area contributed by atoms with Gasteiger partial charge in [0.2, 0.25) is 0 Å². The van der Waals surface area contributed by atoms with E-state index in [9.17, 15) is 19.7 Å². The minimum absolute atomic E-state index is 0.00700. The van der Waals surface area contributed by atoms with Crippen molar-refractivity contribution in [3.63, 3.8) is 0 Å². The van der Waals surface area contributed by atoms with Gasteiger partial charge in [0.15, 0.2) is 5.78 Å². The molecule has 0 saturated carbocycles. The lowest BCUT2D eigenvalue weighted by atomic mass is 10.0. The summed E-state index contributed by atoms with van der Waals surface area (Å²) in [5, 5.41) is 12.1. The predicted molar refractivity (Wildman–Crippen MR) is 95.7 cm³/mol. The number of carbonyl (C=O) groups excluding carboxylic acids is 1. The van der Waals surface area contributed by atoms with Gasteiger partial charge < -0.3 is 4.98 Å². The van der Waals surface area contributed by atoms with Crippen LogP contribution in [0.3, 0.4) is 0 Å². The van der Waals surface area contributed by atoms with Gasteiger partial charge in [-0.15, -0.1) is 0 Å². The Morgan fingerprint density at radius 2 is 1.88 bits per heavy atom. The number of nitro groups is 1. The van der Waals surface area contributed by atoms with E-state index < -0.39 is 4.92 Å². The lowest BCUT2D eigenvalue weighted by molar-refractivity contribution is -0.384. The van der Waals surface area contributed by atoms with E-state index in [2.05, 4.69) is 4.98 Å². The van der Waals surface area contributed by atoms with Crippen LogP contribution in [0.5, 0.6) is 0 Å². The maximum absolute atomic E-state index is 12.5. The van der Waals surface area contributed by atoms with Crippen molar-refractivity contribution in [3.05, 3.63) is 84.2 Å². The van der Waals surface area contributed by atoms with E-state index in [0.717, 1.165) is 6.07 Å². The number of non-ortho nitro benzene ring substituents is 1. The monoisotopic (exact) mass is 376 g/mol. The summed E-state index contributed by atoms with van der Waals surface area (Å²) in [5.41, 5.74) is 0.258. The van der Waals surface area contributed by atoms with Crippen LogP contribution in [0.2, 0.25) is 10.0 Å². The highest BCUT2D eigenvalue weighted by Crippen LogP contribution is 2.27. The molecule has 0 spiro atoms. The van der Waals surface area contributed by atoms with Crippen LogP contribution in [0.25, 0.3) is 10.8 Å². The van der Waals surface area contributed by atoms with E-state index >= 15 is 0 Å². The molecule has 126 valence electrons. The lowest BCUT2D eigenvalue weighted by Crippen LogP contribution is -2.08. The molecule has 0 saturated heterocycles. The third-order valence-electron chi connectivity index (χ3n) is 3.76. The van der Waals surface area contributed by atoms with Gasteiger partial charge in [0.1, 0.15) is 0 Å². The number of aromatic amines is 1. The Morgan fingerprint density at radius 1 is 1.12 bits per heavy atom. The van der Waals surface area contributed by atoms with Crippen molar-refractivity contribution in [3.8, 4) is 0 Å². The summed E-state index contributed by atoms with van der Waals surface area (Å²) in [6, 6.07) is 8.57. The first-order chi connectivity index (χ1) is 11.9. The Balaban J connectivity index is 1.96. The summed E-state index contributed by atoms with van der Waals surface area (Å²) in [4.78, 5) is 37.0. The SMILES string of the molecule is O=C(Cc1cc2cc[nH]c(=O)c2cc1Cl)c1ccc([N+](=O)[O-])cc1Cl. The molecular weight excluding hydrogens is 367 g/mol. The predicted octanol–water partition coefficient (Wildman–Crippen LogP) is 4.17. The first kappa shape index (κ1) is 17.1. The number of H-pyrrole nitrogens is 1. The van der Waals surface area contributed by atoms with Crippen LogP contribution in [-0.4, -0.2) is 15.7 Å². The van der Waals surface area contributed by atoms with E-state index in [1.54, 1.807) is 12.1 Å². The second kappa shape index (κ2) is 6.66. The zero-order valence-electron chi connectivity index (χ0n) is 12.6. The van der Waals surface area contributed by atoms with Gasteiger partial charge in [-0.25, -0.2) is 0 Å². The van der Waals surface area contributed by atoms with Crippen molar-refractivity contribution in [2.45, 2.75) is 6.42 Å². The number of Topliss-reactive ketones (excluding diaryl/α,β-unsaturated/α-hetero) is 1. The van der Waals surface area contributed by atoms with Crippen molar-refractivity contribution < 1.29 is 9.72 Å². The highest BCUT2D eigenvalue weighted by Gasteiger charge is 2.17. The van der Waals surface area contributed by atoms with Crippen LogP contribution in [0.15, 0.2) is 47.4 Å². The molecule has 1 N–H and O–H groups in total. The van der Waals surface area contributed by atoms with Crippen molar-refractivity contribution in [2.75, 3.05) is 0 Å². The van der Waals surface area contributed by atoms with Crippen LogP contribution in [0.1, 0.15) is 15.9 Å². The molecule has 0 fully saturated rings. The Hall–Kier alpha value is -2.70. The summed E-state index contributed by atoms with van der Waals surface area (Å²) in [6.07, 6.45) is 1.47. The second-order valence-corrected chi connectivity index (χ2v) is 6.17. The molecule has 0 bridgehead atoms. The number of ketones is 1. The number of nitrogens with zero attached hydrogens (tertiary/aromatic N) is 1. The summed E-state index contributed by atoms with van der Waals surface area (Å²) >= 11 is 12.2. The van der Waals surface area contributed by atoms with E-state index in [4.69, 9.17) is 23.2 Å². The van der Waals surface area contributed by atoms with Gasteiger partial charge in [-0.2, -0.15) is 0 Å². The number of halogens is 2. The van der Waals surface area contributed by atoms with E-state index in [1.807, 2.05) is 0 Å². The number of aromatic nitrogens is 1. The molecule has 0 amide bonds. The average molecular weight is 377 g/mol. The Bertz CT molecular complexity index is 1080. The summed E-state index contributed by atoms with van der Waals surface area (Å²) in [6.45, 7) is 0. The Kier molecular flexibility index (Phi) is 4.57. The van der Waals surface area contributed by atoms with Gasteiger partial charge in [0.05, 0.1) is 9.95 Å². The number of fused-ring (bicyclic) bond motifs is 1. The molecule has 3 aromatic rings. The lowest BCUT2D eigenvalue weighted by Gasteiger charge is -2.07. The number of rotatable bonds is 4. The fourth-order valence-electron chi connectivity index (χ4n) is 2.50. The number of hydrogen-bond donors (Lipinski definition) is 1. The van der Waals surface area contributed by atoms with Gasteiger partial charge in [-0.3, -0.25) is 19.7 Å². The number of pyridine rings is 1. The number of carbonyl (C=O) groups is 1. The summed E-state index contributed by atoms with van der Waals surface area (Å²) in [5.74, 6) is -0.328. The van der Waals surface area contributed by atoms with Crippen LogP contribution in [0.4, 0.5) is 5.69 Å². The molecule has 0 atom stereocenters. The molecule has 0 aliphatic rings. The van der Waals surface area contributed by atoms with Crippen LogP contribution < -0.4 is 5.56 Å². The standard InChI is InChI=1S/C17H10Cl2N2O4/c18-14-8-13-9(3-4-20-17(13)23)5-10(14)6-16(22)12-2-1-11(21(24)25)7-15(12)19/h1-5,7-8H,6H2,(H,20,23). The number of benzene rings is 2. The van der Waals surface area contributed by atoms with Crippen molar-refractivity contribution >= 4 is 45.4 Å². The van der Waals surface area contributed by atoms with E-state index in [-0.39, 0.29) is 39.1 Å². The van der Waals surface area contributed by atoms with Gasteiger partial charge in [-0.1, -0.05) is 23.2 Å². The van der Waals surface area contributed by atoms with Crippen molar-refractivity contribution in [2.24, 2.45) is 0 Å². The quantitative estimate of drug-likeness (QED) is 0.420. The fraction of sp³-hybridized carbons (Fsp3) is 0.0588. The molecule has 0 unspecified atom stereocenters. The first-order valence-corrected chi connectivity index (χ1v) is 7.89. The zero-order valence-corrected chi connectivity index (χ0v) is 14.1. The average Bonchev–Trinajstić information content (AvgIpc) is 2.56. The number of hydrogen-bond acceptors (Lipinski definition) is 4. The van der Waals surface area contributed by atoms with Crippen molar-refractivity contribution in [1.82, 2.24) is 4.98 Å². The van der Waals surface area contributed by atoms with Gasteiger partial charge in [-0.05, 0) is 35.2 Å². The van der Waals surface area contributed by atoms with Crippen LogP contribution in [0, 0.1) is 10.1 Å². The Morgan fingerprint density at radius 3 is 2.56 bits per heavy atom. The van der Waals surface area contributed by atoms with Crippen LogP contribution >= 0.6 is 23.2 Å². The van der Waals surface area contributed by atoms with Crippen molar-refractivity contribution in [1.29, 1.82) is 0 Å². The van der Waals surface area contributed by atoms with E-state index in [0.29, 0.717) is 16.3 Å². The summed E-state index contributed by atoms with van der Waals surface area (Å²) < 4.78 is 0. The minimum Gasteiger partial charge on any atom is -0.329 e. The highest BCUT2D eigenvalue weighted by atomic mass is 35.5. The number of nitro benzene ring substituents is 1. The molecule has 0 radical (unpaired) electrons. The van der Waals surface area contributed by atoms with Crippen LogP contribution in [-0.2, 0) is 6.42 Å². The number of nitrogens with one attached hydrogen (secondary N) is 1. The molecule has 0 aliphatic heterocycles. The topological polar surface area (TPSA) is 93.1 Å². The fourth-order valence-corrected chi connectivity index (χ4v) is 3.01. The third-order valence-corrected chi connectivity index (χ3v) is 4.42. The molecule has 1 aromatic heterocycles.